The van der Waals surface area contributed by atoms with Crippen molar-refractivity contribution in [3.05, 3.63) is 36.2 Å². The zero-order valence-corrected chi connectivity index (χ0v) is 16.7. The number of rotatable bonds is 6. The van der Waals surface area contributed by atoms with Gasteiger partial charge in [0, 0.05) is 45.3 Å². The zero-order valence-electron chi connectivity index (χ0n) is 16.7. The van der Waals surface area contributed by atoms with Crippen LogP contribution in [0.2, 0.25) is 0 Å². The van der Waals surface area contributed by atoms with Crippen LogP contribution >= 0.6 is 0 Å². The van der Waals surface area contributed by atoms with Gasteiger partial charge in [-0.05, 0) is 44.6 Å². The fourth-order valence-corrected chi connectivity index (χ4v) is 4.76. The summed E-state index contributed by atoms with van der Waals surface area (Å²) in [5.41, 5.74) is 0.541. The summed E-state index contributed by atoms with van der Waals surface area (Å²) >= 11 is 0. The van der Waals surface area contributed by atoms with Crippen LogP contribution in [-0.2, 0) is 13.6 Å². The number of nitrogens with zero attached hydrogens (tertiary/aromatic N) is 5. The van der Waals surface area contributed by atoms with Crippen molar-refractivity contribution in [3.63, 3.8) is 0 Å². The van der Waals surface area contributed by atoms with Crippen LogP contribution in [0.15, 0.2) is 24.8 Å². The first kappa shape index (κ1) is 19.1. The van der Waals surface area contributed by atoms with E-state index < -0.39 is 6.10 Å². The molecule has 2 aliphatic rings. The highest BCUT2D eigenvalue weighted by atomic mass is 16.3. The molecule has 3 heterocycles. The summed E-state index contributed by atoms with van der Waals surface area (Å²) in [5, 5.41) is 17.6. The van der Waals surface area contributed by atoms with Crippen LogP contribution in [0.4, 0.5) is 0 Å². The predicted molar refractivity (Wildman–Crippen MR) is 105 cm³/mol. The molecule has 2 fully saturated rings. The normalized spacial score (nSPS) is 27.7. The molecule has 28 heavy (non-hydrogen) atoms. The standard InChI is InChI=1S/C20H30N6O2/c1-14-21-4-7-26(14)6-3-5-25-12-15-8-18(19(27)9-16(15)13-25)23-20(28)17-10-22-24(2)11-17/h4,7,10-11,15-16,18-19,27H,3,5-6,8-9,12-13H2,1-2H3,(H,23,28)/t15-,16+,18-,19-/m0/s1. The van der Waals surface area contributed by atoms with E-state index in [0.29, 0.717) is 17.4 Å². The molecule has 0 aromatic carbocycles. The number of carbonyl (C=O) groups is 1. The maximum Gasteiger partial charge on any atom is 0.254 e. The summed E-state index contributed by atoms with van der Waals surface area (Å²) in [6.07, 6.45) is 9.37. The van der Waals surface area contributed by atoms with Gasteiger partial charge in [-0.15, -0.1) is 0 Å². The number of likely N-dealkylation sites (tertiary alicyclic amines) is 1. The first-order valence-corrected chi connectivity index (χ1v) is 10.2. The van der Waals surface area contributed by atoms with Gasteiger partial charge in [0.2, 0.25) is 0 Å². The minimum absolute atomic E-state index is 0.152. The molecular weight excluding hydrogens is 356 g/mol. The maximum absolute atomic E-state index is 12.4. The molecule has 0 radical (unpaired) electrons. The Morgan fingerprint density at radius 2 is 2.07 bits per heavy atom. The third-order valence-corrected chi connectivity index (χ3v) is 6.30. The van der Waals surface area contributed by atoms with Crippen LogP contribution in [0.5, 0.6) is 0 Å². The number of hydrogen-bond acceptors (Lipinski definition) is 5. The van der Waals surface area contributed by atoms with E-state index in [0.717, 1.165) is 51.3 Å². The second-order valence-electron chi connectivity index (χ2n) is 8.32. The fraction of sp³-hybridized carbons (Fsp3) is 0.650. The Bertz CT molecular complexity index is 815. The van der Waals surface area contributed by atoms with Crippen molar-refractivity contribution < 1.29 is 9.90 Å². The minimum Gasteiger partial charge on any atom is -0.391 e. The van der Waals surface area contributed by atoms with Crippen molar-refractivity contribution >= 4 is 5.91 Å². The number of nitrogens with one attached hydrogen (secondary N) is 1. The fourth-order valence-electron chi connectivity index (χ4n) is 4.76. The summed E-state index contributed by atoms with van der Waals surface area (Å²) in [6.45, 7) is 6.19. The minimum atomic E-state index is -0.476. The van der Waals surface area contributed by atoms with E-state index in [4.69, 9.17) is 0 Å². The highest BCUT2D eigenvalue weighted by Gasteiger charge is 2.42. The van der Waals surface area contributed by atoms with Crippen molar-refractivity contribution in [2.24, 2.45) is 18.9 Å². The highest BCUT2D eigenvalue weighted by Crippen LogP contribution is 2.36. The Hall–Kier alpha value is -2.19. The van der Waals surface area contributed by atoms with Crippen LogP contribution in [0.25, 0.3) is 0 Å². The first-order valence-electron chi connectivity index (χ1n) is 10.2. The summed E-state index contributed by atoms with van der Waals surface area (Å²) < 4.78 is 3.80. The molecule has 2 N–H and O–H groups in total. The zero-order chi connectivity index (χ0) is 19.7. The molecule has 4 rings (SSSR count). The van der Waals surface area contributed by atoms with Crippen LogP contribution in [0.1, 0.15) is 35.4 Å². The highest BCUT2D eigenvalue weighted by molar-refractivity contribution is 5.93. The van der Waals surface area contributed by atoms with Gasteiger partial charge in [0.15, 0.2) is 0 Å². The van der Waals surface area contributed by atoms with E-state index in [1.54, 1.807) is 24.1 Å². The van der Waals surface area contributed by atoms with Gasteiger partial charge in [0.05, 0.1) is 23.9 Å². The van der Waals surface area contributed by atoms with Gasteiger partial charge >= 0.3 is 0 Å². The van der Waals surface area contributed by atoms with Gasteiger partial charge in [0.25, 0.3) is 5.91 Å². The molecule has 2 aromatic heterocycles. The molecule has 8 heteroatoms. The van der Waals surface area contributed by atoms with Crippen LogP contribution in [0.3, 0.4) is 0 Å². The number of aliphatic hydroxyl groups excluding tert-OH is 1. The molecule has 4 atom stereocenters. The topological polar surface area (TPSA) is 88.2 Å². The number of fused-ring (bicyclic) bond motifs is 1. The van der Waals surface area contributed by atoms with Crippen molar-refractivity contribution in [3.8, 4) is 0 Å². The second-order valence-corrected chi connectivity index (χ2v) is 8.32. The maximum atomic E-state index is 12.4. The summed E-state index contributed by atoms with van der Waals surface area (Å²) in [4.78, 5) is 19.2. The monoisotopic (exact) mass is 386 g/mol. The smallest absolute Gasteiger partial charge is 0.254 e. The second kappa shape index (κ2) is 8.05. The Morgan fingerprint density at radius 1 is 1.29 bits per heavy atom. The van der Waals surface area contributed by atoms with E-state index >= 15 is 0 Å². The van der Waals surface area contributed by atoms with Crippen molar-refractivity contribution in [2.45, 2.75) is 44.9 Å². The van der Waals surface area contributed by atoms with Gasteiger partial charge in [-0.1, -0.05) is 0 Å². The number of aliphatic hydroxyl groups is 1. The first-order chi connectivity index (χ1) is 13.5. The molecule has 1 aliphatic heterocycles. The average Bonchev–Trinajstić information content (AvgIpc) is 3.36. The van der Waals surface area contributed by atoms with E-state index in [-0.39, 0.29) is 11.9 Å². The molecule has 1 saturated heterocycles. The molecular formula is C20H30N6O2. The van der Waals surface area contributed by atoms with Crippen LogP contribution < -0.4 is 5.32 Å². The summed E-state index contributed by atoms with van der Waals surface area (Å²) in [6, 6.07) is -0.178. The Morgan fingerprint density at radius 3 is 2.75 bits per heavy atom. The molecule has 0 unspecified atom stereocenters. The quantitative estimate of drug-likeness (QED) is 0.767. The molecule has 0 bridgehead atoms. The van der Waals surface area contributed by atoms with Gasteiger partial charge < -0.3 is 19.9 Å². The summed E-state index contributed by atoms with van der Waals surface area (Å²) in [7, 11) is 1.79. The number of hydrogen-bond donors (Lipinski definition) is 2. The van der Waals surface area contributed by atoms with Gasteiger partial charge in [-0.25, -0.2) is 4.98 Å². The molecule has 8 nitrogen and oxygen atoms in total. The summed E-state index contributed by atoms with van der Waals surface area (Å²) in [5.74, 6) is 1.97. The van der Waals surface area contributed by atoms with E-state index in [9.17, 15) is 9.90 Å². The average molecular weight is 387 g/mol. The Kier molecular flexibility index (Phi) is 5.50. The third-order valence-electron chi connectivity index (χ3n) is 6.30. The number of amides is 1. The lowest BCUT2D eigenvalue weighted by molar-refractivity contribution is 0.0461. The Balaban J connectivity index is 1.27. The van der Waals surface area contributed by atoms with Crippen LogP contribution in [-0.4, -0.2) is 67.0 Å². The van der Waals surface area contributed by atoms with Gasteiger partial charge in [-0.3, -0.25) is 9.48 Å². The molecule has 1 saturated carbocycles. The lowest BCUT2D eigenvalue weighted by atomic mass is 9.77. The predicted octanol–water partition coefficient (Wildman–Crippen LogP) is 0.816. The SMILES string of the molecule is Cc1nccn1CCCN1C[C@H]2C[C@H](O)[C@@H](NC(=O)c3cnn(C)c3)C[C@H]2C1. The largest absolute Gasteiger partial charge is 0.391 e. The molecule has 1 amide bonds. The number of aryl methyl sites for hydroxylation is 3. The lowest BCUT2D eigenvalue weighted by Crippen LogP contribution is -2.49. The molecule has 1 aliphatic carbocycles. The lowest BCUT2D eigenvalue weighted by Gasteiger charge is -2.35. The van der Waals surface area contributed by atoms with Crippen molar-refractivity contribution in [2.75, 3.05) is 19.6 Å². The Labute approximate surface area is 165 Å². The van der Waals surface area contributed by atoms with E-state index in [2.05, 4.69) is 24.9 Å². The van der Waals surface area contributed by atoms with E-state index in [1.165, 1.54) is 0 Å². The number of aromatic nitrogens is 4. The van der Waals surface area contributed by atoms with Crippen molar-refractivity contribution in [1.29, 1.82) is 0 Å². The molecule has 0 spiro atoms. The number of imidazole rings is 1. The molecule has 152 valence electrons. The van der Waals surface area contributed by atoms with Gasteiger partial charge in [-0.2, -0.15) is 5.10 Å². The number of carbonyl (C=O) groups excluding carboxylic acids is 1. The van der Waals surface area contributed by atoms with Gasteiger partial charge in [0.1, 0.15) is 5.82 Å². The molecule has 2 aromatic rings. The van der Waals surface area contributed by atoms with E-state index in [1.807, 2.05) is 19.3 Å². The van der Waals surface area contributed by atoms with Crippen molar-refractivity contribution in [1.82, 2.24) is 29.5 Å². The van der Waals surface area contributed by atoms with Crippen LogP contribution in [0, 0.1) is 18.8 Å². The third kappa shape index (κ3) is 4.12.